The molecule has 2 aromatic heterocycles. The van der Waals surface area contributed by atoms with Gasteiger partial charge in [0, 0.05) is 21.8 Å². The van der Waals surface area contributed by atoms with Gasteiger partial charge in [-0.25, -0.2) is 0 Å². The zero-order valence-corrected chi connectivity index (χ0v) is 11.8. The Labute approximate surface area is 125 Å². The molecule has 2 heterocycles. The SMILES string of the molecule is OC(c1ccc2[nH]c3ccccc3c2c1)c1ccc(Cl)o1. The van der Waals surface area contributed by atoms with Crippen LogP contribution in [0.3, 0.4) is 0 Å². The third kappa shape index (κ3) is 2.02. The Morgan fingerprint density at radius 3 is 2.57 bits per heavy atom. The van der Waals surface area contributed by atoms with Crippen LogP contribution in [0.1, 0.15) is 17.4 Å². The number of furan rings is 1. The quantitative estimate of drug-likeness (QED) is 0.566. The number of halogens is 1. The van der Waals surface area contributed by atoms with E-state index >= 15 is 0 Å². The van der Waals surface area contributed by atoms with Crippen molar-refractivity contribution in [2.45, 2.75) is 6.10 Å². The molecule has 21 heavy (non-hydrogen) atoms. The lowest BCUT2D eigenvalue weighted by Gasteiger charge is -2.08. The Bertz CT molecular complexity index is 938. The molecule has 4 heteroatoms. The van der Waals surface area contributed by atoms with Crippen molar-refractivity contribution in [1.29, 1.82) is 0 Å². The van der Waals surface area contributed by atoms with Gasteiger partial charge < -0.3 is 14.5 Å². The normalized spacial score (nSPS) is 13.0. The largest absolute Gasteiger partial charge is 0.447 e. The minimum atomic E-state index is -0.824. The number of hydrogen-bond donors (Lipinski definition) is 2. The fraction of sp³-hybridized carbons (Fsp3) is 0.0588. The van der Waals surface area contributed by atoms with Gasteiger partial charge in [-0.2, -0.15) is 0 Å². The van der Waals surface area contributed by atoms with Gasteiger partial charge in [-0.05, 0) is 47.5 Å². The summed E-state index contributed by atoms with van der Waals surface area (Å²) in [5.74, 6) is 0.444. The molecule has 0 saturated heterocycles. The van der Waals surface area contributed by atoms with Gasteiger partial charge in [0.1, 0.15) is 11.9 Å². The second-order valence-corrected chi connectivity index (χ2v) is 5.39. The molecule has 2 aromatic carbocycles. The lowest BCUT2D eigenvalue weighted by atomic mass is 10.0. The van der Waals surface area contributed by atoms with Gasteiger partial charge in [0.15, 0.2) is 5.22 Å². The molecular weight excluding hydrogens is 286 g/mol. The van der Waals surface area contributed by atoms with Gasteiger partial charge in [0.2, 0.25) is 0 Å². The highest BCUT2D eigenvalue weighted by Crippen LogP contribution is 2.31. The van der Waals surface area contributed by atoms with Crippen LogP contribution in [0.15, 0.2) is 59.0 Å². The first-order valence-electron chi connectivity index (χ1n) is 6.66. The highest BCUT2D eigenvalue weighted by molar-refractivity contribution is 6.28. The Balaban J connectivity index is 1.88. The zero-order valence-electron chi connectivity index (χ0n) is 11.0. The summed E-state index contributed by atoms with van der Waals surface area (Å²) in [5.41, 5.74) is 2.91. The Kier molecular flexibility index (Phi) is 2.77. The topological polar surface area (TPSA) is 49.2 Å². The van der Waals surface area contributed by atoms with Crippen molar-refractivity contribution in [3.05, 3.63) is 71.1 Å². The van der Waals surface area contributed by atoms with Gasteiger partial charge in [0.25, 0.3) is 0 Å². The summed E-state index contributed by atoms with van der Waals surface area (Å²) < 4.78 is 5.29. The molecule has 0 aliphatic rings. The van der Waals surface area contributed by atoms with Crippen LogP contribution < -0.4 is 0 Å². The minimum Gasteiger partial charge on any atom is -0.447 e. The van der Waals surface area contributed by atoms with Gasteiger partial charge in [-0.1, -0.05) is 24.3 Å². The number of benzene rings is 2. The maximum atomic E-state index is 10.4. The molecule has 4 rings (SSSR count). The summed E-state index contributed by atoms with van der Waals surface area (Å²) in [4.78, 5) is 3.36. The molecule has 1 atom stereocenters. The van der Waals surface area contributed by atoms with Crippen LogP contribution in [0.4, 0.5) is 0 Å². The standard InChI is InChI=1S/C17H12ClNO2/c18-16-8-7-15(21-16)17(20)10-5-6-14-12(9-10)11-3-1-2-4-13(11)19-14/h1-9,17,19-20H. The molecule has 0 aliphatic carbocycles. The van der Waals surface area contributed by atoms with Crippen molar-refractivity contribution in [1.82, 2.24) is 4.98 Å². The minimum absolute atomic E-state index is 0.275. The van der Waals surface area contributed by atoms with Crippen LogP contribution in [-0.4, -0.2) is 10.1 Å². The number of nitrogens with one attached hydrogen (secondary N) is 1. The van der Waals surface area contributed by atoms with Crippen molar-refractivity contribution < 1.29 is 9.52 Å². The van der Waals surface area contributed by atoms with Gasteiger partial charge in [-0.3, -0.25) is 0 Å². The molecule has 0 aliphatic heterocycles. The lowest BCUT2D eigenvalue weighted by Crippen LogP contribution is -1.97. The van der Waals surface area contributed by atoms with E-state index in [-0.39, 0.29) is 5.22 Å². The average molecular weight is 298 g/mol. The predicted octanol–water partition coefficient (Wildman–Crippen LogP) is 4.65. The summed E-state index contributed by atoms with van der Waals surface area (Å²) in [6.45, 7) is 0. The van der Waals surface area contributed by atoms with E-state index in [9.17, 15) is 5.11 Å². The van der Waals surface area contributed by atoms with Crippen LogP contribution in [0.25, 0.3) is 21.8 Å². The molecule has 0 saturated carbocycles. The van der Waals surface area contributed by atoms with Crippen LogP contribution in [0, 0.1) is 0 Å². The zero-order chi connectivity index (χ0) is 14.4. The first-order valence-corrected chi connectivity index (χ1v) is 7.04. The fourth-order valence-electron chi connectivity index (χ4n) is 2.68. The molecule has 4 aromatic rings. The van der Waals surface area contributed by atoms with Crippen molar-refractivity contribution in [2.24, 2.45) is 0 Å². The van der Waals surface area contributed by atoms with E-state index in [1.165, 1.54) is 0 Å². The number of aliphatic hydroxyl groups is 1. The second-order valence-electron chi connectivity index (χ2n) is 5.02. The van der Waals surface area contributed by atoms with E-state index in [0.29, 0.717) is 5.76 Å². The molecule has 0 fully saturated rings. The second kappa shape index (κ2) is 4.65. The Morgan fingerprint density at radius 1 is 0.952 bits per heavy atom. The molecule has 1 unspecified atom stereocenters. The average Bonchev–Trinajstić information content (AvgIpc) is 3.09. The first kappa shape index (κ1) is 12.5. The molecule has 3 nitrogen and oxygen atoms in total. The van der Waals surface area contributed by atoms with E-state index < -0.39 is 6.10 Å². The molecule has 0 radical (unpaired) electrons. The van der Waals surface area contributed by atoms with E-state index in [1.807, 2.05) is 36.4 Å². The first-order chi connectivity index (χ1) is 10.2. The van der Waals surface area contributed by atoms with Crippen LogP contribution in [0.5, 0.6) is 0 Å². The monoisotopic (exact) mass is 297 g/mol. The molecule has 0 bridgehead atoms. The number of aliphatic hydroxyl groups excluding tert-OH is 1. The maximum Gasteiger partial charge on any atom is 0.193 e. The van der Waals surface area contributed by atoms with Gasteiger partial charge in [0.05, 0.1) is 0 Å². The highest BCUT2D eigenvalue weighted by Gasteiger charge is 2.16. The van der Waals surface area contributed by atoms with Crippen LogP contribution in [-0.2, 0) is 0 Å². The summed E-state index contributed by atoms with van der Waals surface area (Å²) in [6.07, 6.45) is -0.824. The van der Waals surface area contributed by atoms with Crippen molar-refractivity contribution in [2.75, 3.05) is 0 Å². The smallest absolute Gasteiger partial charge is 0.193 e. The number of hydrogen-bond acceptors (Lipinski definition) is 2. The lowest BCUT2D eigenvalue weighted by molar-refractivity contribution is 0.189. The number of H-pyrrole nitrogens is 1. The molecule has 104 valence electrons. The van der Waals surface area contributed by atoms with Crippen LogP contribution >= 0.6 is 11.6 Å². The van der Waals surface area contributed by atoms with Gasteiger partial charge >= 0.3 is 0 Å². The summed E-state index contributed by atoms with van der Waals surface area (Å²) in [6, 6.07) is 17.3. The van der Waals surface area contributed by atoms with E-state index in [0.717, 1.165) is 27.4 Å². The summed E-state index contributed by atoms with van der Waals surface area (Å²) >= 11 is 5.76. The number of fused-ring (bicyclic) bond motifs is 3. The molecule has 0 amide bonds. The van der Waals surface area contributed by atoms with Crippen molar-refractivity contribution in [3.63, 3.8) is 0 Å². The van der Waals surface area contributed by atoms with Crippen molar-refractivity contribution in [3.8, 4) is 0 Å². The number of para-hydroxylation sites is 1. The van der Waals surface area contributed by atoms with Gasteiger partial charge in [-0.15, -0.1) is 0 Å². The molecule has 0 spiro atoms. The molecule has 2 N–H and O–H groups in total. The number of rotatable bonds is 2. The Morgan fingerprint density at radius 2 is 1.76 bits per heavy atom. The third-order valence-corrected chi connectivity index (χ3v) is 3.91. The third-order valence-electron chi connectivity index (χ3n) is 3.71. The maximum absolute atomic E-state index is 10.4. The fourth-order valence-corrected chi connectivity index (χ4v) is 2.83. The highest BCUT2D eigenvalue weighted by atomic mass is 35.5. The van der Waals surface area contributed by atoms with E-state index in [2.05, 4.69) is 11.1 Å². The number of aromatic nitrogens is 1. The van der Waals surface area contributed by atoms with E-state index in [4.69, 9.17) is 16.0 Å². The number of aromatic amines is 1. The predicted molar refractivity (Wildman–Crippen MR) is 83.6 cm³/mol. The summed E-state index contributed by atoms with van der Waals surface area (Å²) in [7, 11) is 0. The van der Waals surface area contributed by atoms with Crippen LogP contribution in [0.2, 0.25) is 5.22 Å². The Hall–Kier alpha value is -2.23. The summed E-state index contributed by atoms with van der Waals surface area (Å²) in [5, 5.41) is 12.9. The van der Waals surface area contributed by atoms with E-state index in [1.54, 1.807) is 12.1 Å². The molecular formula is C17H12ClNO2. The van der Waals surface area contributed by atoms with Crippen molar-refractivity contribution >= 4 is 33.4 Å².